The number of pyridine rings is 1. The van der Waals surface area contributed by atoms with Crippen molar-refractivity contribution in [2.45, 2.75) is 44.6 Å². The molecule has 1 saturated carbocycles. The molecule has 1 aliphatic carbocycles. The Morgan fingerprint density at radius 3 is 2.41 bits per heavy atom. The molecular formula is C27H27N5O2. The van der Waals surface area contributed by atoms with E-state index in [2.05, 4.69) is 25.6 Å². The highest BCUT2D eigenvalue weighted by molar-refractivity contribution is 6.03. The van der Waals surface area contributed by atoms with Crippen LogP contribution in [0.3, 0.4) is 0 Å². The Morgan fingerprint density at radius 1 is 0.882 bits per heavy atom. The molecule has 0 atom stereocenters. The number of hydrogen-bond acceptors (Lipinski definition) is 4. The Labute approximate surface area is 198 Å². The van der Waals surface area contributed by atoms with Crippen molar-refractivity contribution in [1.29, 1.82) is 0 Å². The molecule has 172 valence electrons. The molecule has 7 nitrogen and oxygen atoms in total. The van der Waals surface area contributed by atoms with Crippen LogP contribution in [0.25, 0.3) is 22.4 Å². The number of benzene rings is 2. The lowest BCUT2D eigenvalue weighted by Gasteiger charge is -2.16. The van der Waals surface area contributed by atoms with E-state index in [1.165, 1.54) is 25.7 Å². The van der Waals surface area contributed by atoms with E-state index in [-0.39, 0.29) is 17.9 Å². The van der Waals surface area contributed by atoms with E-state index < -0.39 is 0 Å². The van der Waals surface area contributed by atoms with Crippen molar-refractivity contribution >= 4 is 28.5 Å². The average molecular weight is 454 g/mol. The Hall–Kier alpha value is -4.00. The van der Waals surface area contributed by atoms with Crippen LogP contribution in [0, 0.1) is 0 Å². The lowest BCUT2D eigenvalue weighted by Crippen LogP contribution is -2.34. The van der Waals surface area contributed by atoms with Gasteiger partial charge >= 0.3 is 0 Å². The summed E-state index contributed by atoms with van der Waals surface area (Å²) in [6, 6.07) is 18.5. The SMILES string of the molecule is O=C(NC1CCCCCC1)c1ccc2nc(-c3ccc(NC(=O)c4ccccn4)cc3)[nH]c2c1. The van der Waals surface area contributed by atoms with Crippen LogP contribution in [-0.2, 0) is 0 Å². The van der Waals surface area contributed by atoms with Crippen molar-refractivity contribution in [2.75, 3.05) is 5.32 Å². The molecule has 4 aromatic rings. The van der Waals surface area contributed by atoms with Gasteiger partial charge < -0.3 is 15.6 Å². The molecule has 0 unspecified atom stereocenters. The number of amides is 2. The molecule has 2 aromatic carbocycles. The molecule has 2 heterocycles. The molecule has 3 N–H and O–H groups in total. The van der Waals surface area contributed by atoms with Crippen LogP contribution in [0.1, 0.15) is 59.4 Å². The Kier molecular flexibility index (Phi) is 6.33. The van der Waals surface area contributed by atoms with Crippen LogP contribution < -0.4 is 10.6 Å². The van der Waals surface area contributed by atoms with E-state index in [1.54, 1.807) is 24.4 Å². The minimum absolute atomic E-state index is 0.0297. The van der Waals surface area contributed by atoms with Gasteiger partial charge in [0.15, 0.2) is 0 Å². The molecule has 0 saturated heterocycles. The molecule has 2 amide bonds. The highest BCUT2D eigenvalue weighted by Crippen LogP contribution is 2.24. The molecule has 0 bridgehead atoms. The van der Waals surface area contributed by atoms with E-state index >= 15 is 0 Å². The van der Waals surface area contributed by atoms with Crippen LogP contribution in [0.15, 0.2) is 66.9 Å². The summed E-state index contributed by atoms with van der Waals surface area (Å²) < 4.78 is 0. The van der Waals surface area contributed by atoms with Gasteiger partial charge in [-0.2, -0.15) is 0 Å². The molecule has 7 heteroatoms. The number of hydrogen-bond donors (Lipinski definition) is 3. The van der Waals surface area contributed by atoms with Crippen molar-refractivity contribution in [3.63, 3.8) is 0 Å². The zero-order valence-electron chi connectivity index (χ0n) is 18.9. The Balaban J connectivity index is 1.28. The maximum absolute atomic E-state index is 12.8. The molecule has 0 radical (unpaired) electrons. The first-order valence-electron chi connectivity index (χ1n) is 11.8. The van der Waals surface area contributed by atoms with Gasteiger partial charge in [-0.15, -0.1) is 0 Å². The lowest BCUT2D eigenvalue weighted by molar-refractivity contribution is 0.0932. The molecule has 0 spiro atoms. The number of carbonyl (C=O) groups excluding carboxylic acids is 2. The minimum atomic E-state index is -0.258. The number of imidazole rings is 1. The number of H-pyrrole nitrogens is 1. The number of fused-ring (bicyclic) bond motifs is 1. The van der Waals surface area contributed by atoms with Crippen molar-refractivity contribution in [1.82, 2.24) is 20.3 Å². The minimum Gasteiger partial charge on any atom is -0.349 e. The van der Waals surface area contributed by atoms with E-state index in [0.717, 1.165) is 29.4 Å². The first-order valence-corrected chi connectivity index (χ1v) is 11.8. The third-order valence-corrected chi connectivity index (χ3v) is 6.25. The summed E-state index contributed by atoms with van der Waals surface area (Å²) in [5, 5.41) is 6.04. The first-order chi connectivity index (χ1) is 16.7. The zero-order valence-corrected chi connectivity index (χ0v) is 18.9. The summed E-state index contributed by atoms with van der Waals surface area (Å²) >= 11 is 0. The van der Waals surface area contributed by atoms with Gasteiger partial charge in [0.1, 0.15) is 11.5 Å². The van der Waals surface area contributed by atoms with Gasteiger partial charge in [-0.05, 0) is 67.4 Å². The van der Waals surface area contributed by atoms with E-state index in [4.69, 9.17) is 0 Å². The highest BCUT2D eigenvalue weighted by atomic mass is 16.2. The summed E-state index contributed by atoms with van der Waals surface area (Å²) in [4.78, 5) is 37.1. The topological polar surface area (TPSA) is 99.8 Å². The third-order valence-electron chi connectivity index (χ3n) is 6.25. The number of rotatable bonds is 5. The maximum atomic E-state index is 12.8. The van der Waals surface area contributed by atoms with Crippen molar-refractivity contribution in [2.24, 2.45) is 0 Å². The van der Waals surface area contributed by atoms with E-state index in [9.17, 15) is 9.59 Å². The molecule has 1 aliphatic rings. The predicted molar refractivity (Wildman–Crippen MR) is 133 cm³/mol. The van der Waals surface area contributed by atoms with Gasteiger partial charge in [0.25, 0.3) is 11.8 Å². The van der Waals surface area contributed by atoms with Gasteiger partial charge in [-0.25, -0.2) is 4.98 Å². The summed E-state index contributed by atoms with van der Waals surface area (Å²) in [5.74, 6) is 0.420. The molecule has 34 heavy (non-hydrogen) atoms. The van der Waals surface area contributed by atoms with Gasteiger partial charge in [0.05, 0.1) is 11.0 Å². The van der Waals surface area contributed by atoms with E-state index in [0.29, 0.717) is 22.8 Å². The van der Waals surface area contributed by atoms with Gasteiger partial charge in [-0.3, -0.25) is 14.6 Å². The summed E-state index contributed by atoms with van der Waals surface area (Å²) in [6.45, 7) is 0. The number of aromatic nitrogens is 3. The van der Waals surface area contributed by atoms with Crippen LogP contribution in [-0.4, -0.2) is 32.8 Å². The van der Waals surface area contributed by atoms with Crippen molar-refractivity contribution < 1.29 is 9.59 Å². The first kappa shape index (κ1) is 21.8. The quantitative estimate of drug-likeness (QED) is 0.356. The Morgan fingerprint density at radius 2 is 1.68 bits per heavy atom. The molecule has 1 fully saturated rings. The van der Waals surface area contributed by atoms with Crippen LogP contribution in [0.4, 0.5) is 5.69 Å². The van der Waals surface area contributed by atoms with Crippen LogP contribution >= 0.6 is 0 Å². The summed E-state index contributed by atoms with van der Waals surface area (Å²) in [5.41, 5.74) is 4.18. The largest absolute Gasteiger partial charge is 0.349 e. The molecule has 2 aromatic heterocycles. The summed E-state index contributed by atoms with van der Waals surface area (Å²) in [6.07, 6.45) is 8.57. The fourth-order valence-corrected chi connectivity index (χ4v) is 4.38. The summed E-state index contributed by atoms with van der Waals surface area (Å²) in [7, 11) is 0. The fraction of sp³-hybridized carbons (Fsp3) is 0.259. The van der Waals surface area contributed by atoms with Gasteiger partial charge in [-0.1, -0.05) is 31.7 Å². The second kappa shape index (κ2) is 9.87. The fourth-order valence-electron chi connectivity index (χ4n) is 4.38. The van der Waals surface area contributed by atoms with Crippen LogP contribution in [0.5, 0.6) is 0 Å². The zero-order chi connectivity index (χ0) is 23.3. The second-order valence-electron chi connectivity index (χ2n) is 8.73. The smallest absolute Gasteiger partial charge is 0.274 e. The molecule has 5 rings (SSSR count). The van der Waals surface area contributed by atoms with Crippen molar-refractivity contribution in [3.8, 4) is 11.4 Å². The van der Waals surface area contributed by atoms with Gasteiger partial charge in [0.2, 0.25) is 0 Å². The van der Waals surface area contributed by atoms with E-state index in [1.807, 2.05) is 42.5 Å². The second-order valence-corrected chi connectivity index (χ2v) is 8.73. The van der Waals surface area contributed by atoms with Gasteiger partial charge in [0, 0.05) is 29.1 Å². The lowest BCUT2D eigenvalue weighted by atomic mass is 10.1. The number of nitrogens with zero attached hydrogens (tertiary/aromatic N) is 2. The molecular weight excluding hydrogens is 426 g/mol. The van der Waals surface area contributed by atoms with Crippen molar-refractivity contribution in [3.05, 3.63) is 78.1 Å². The van der Waals surface area contributed by atoms with Crippen LogP contribution in [0.2, 0.25) is 0 Å². The number of anilines is 1. The number of carbonyl (C=O) groups is 2. The molecule has 0 aliphatic heterocycles. The monoisotopic (exact) mass is 453 g/mol. The Bertz CT molecular complexity index is 1290. The normalized spacial score (nSPS) is 14.5. The number of nitrogens with one attached hydrogen (secondary N) is 3. The predicted octanol–water partition coefficient (Wildman–Crippen LogP) is 5.33. The maximum Gasteiger partial charge on any atom is 0.274 e. The average Bonchev–Trinajstić information content (AvgIpc) is 3.13. The third kappa shape index (κ3) is 4.98. The highest BCUT2D eigenvalue weighted by Gasteiger charge is 2.17. The standard InChI is InChI=1S/C27H27N5O2/c33-26(29-20-7-3-1-2-4-8-20)19-12-15-22-24(17-19)32-25(31-22)18-10-13-21(14-11-18)30-27(34)23-9-5-6-16-28-23/h5-6,9-17,20H,1-4,7-8H2,(H,29,33)(H,30,34)(H,31,32). The number of aromatic amines is 1.